The third-order valence-corrected chi connectivity index (χ3v) is 4.21. The van der Waals surface area contributed by atoms with Gasteiger partial charge in [0.1, 0.15) is 5.75 Å². The average molecular weight is 377 g/mol. The molecule has 27 heavy (non-hydrogen) atoms. The molecule has 3 N–H and O–H groups in total. The van der Waals surface area contributed by atoms with Crippen molar-refractivity contribution in [3.63, 3.8) is 0 Å². The summed E-state index contributed by atoms with van der Waals surface area (Å²) in [4.78, 5) is 19.2. The van der Waals surface area contributed by atoms with Gasteiger partial charge >= 0.3 is 6.09 Å². The molecule has 1 saturated heterocycles. The summed E-state index contributed by atoms with van der Waals surface area (Å²) in [5.74, 6) is 0.0542. The van der Waals surface area contributed by atoms with Gasteiger partial charge in [-0.05, 0) is 17.7 Å². The second-order valence-corrected chi connectivity index (χ2v) is 6.22. The van der Waals surface area contributed by atoms with E-state index >= 15 is 0 Å². The molecule has 2 heterocycles. The van der Waals surface area contributed by atoms with Crippen LogP contribution in [0.5, 0.6) is 17.5 Å². The van der Waals surface area contributed by atoms with E-state index in [0.717, 1.165) is 17.9 Å². The Bertz CT molecular complexity index is 741. The highest BCUT2D eigenvalue weighted by Crippen LogP contribution is 2.18. The standard InChI is InChI=1S/C18H23N3O6/c1-25-15-4-2-13(3-5-15)10-20-8-9-26-12-14(11-20)19-18(24)27-21-16(22)6-7-17(21)23/h2-7,14,22-23H,8-12H2,1H3,(H,19,24)/t14-/m1/s1. The van der Waals surface area contributed by atoms with Crippen LogP contribution in [0.2, 0.25) is 0 Å². The van der Waals surface area contributed by atoms with E-state index in [1.54, 1.807) is 7.11 Å². The molecule has 3 rings (SSSR count). The number of aromatic hydroxyl groups is 2. The number of rotatable bonds is 5. The molecule has 0 unspecified atom stereocenters. The molecular weight excluding hydrogens is 354 g/mol. The van der Waals surface area contributed by atoms with Crippen molar-refractivity contribution in [1.82, 2.24) is 14.9 Å². The van der Waals surface area contributed by atoms with Gasteiger partial charge in [0, 0.05) is 31.8 Å². The molecule has 1 aromatic heterocycles. The number of benzene rings is 1. The van der Waals surface area contributed by atoms with Gasteiger partial charge in [0.15, 0.2) is 0 Å². The molecule has 1 amide bonds. The number of methoxy groups -OCH3 is 1. The Morgan fingerprint density at radius 2 is 1.93 bits per heavy atom. The van der Waals surface area contributed by atoms with E-state index in [0.29, 0.717) is 31.0 Å². The van der Waals surface area contributed by atoms with Crippen molar-refractivity contribution < 1.29 is 29.3 Å². The highest BCUT2D eigenvalue weighted by molar-refractivity contribution is 5.68. The molecule has 1 aromatic carbocycles. The van der Waals surface area contributed by atoms with Crippen LogP contribution in [0.4, 0.5) is 4.79 Å². The van der Waals surface area contributed by atoms with Crippen LogP contribution in [0.15, 0.2) is 36.4 Å². The fourth-order valence-electron chi connectivity index (χ4n) is 2.87. The maximum Gasteiger partial charge on any atom is 0.432 e. The van der Waals surface area contributed by atoms with Crippen LogP contribution >= 0.6 is 0 Å². The second kappa shape index (κ2) is 8.65. The largest absolute Gasteiger partial charge is 0.497 e. The molecule has 1 atom stereocenters. The molecule has 1 fully saturated rings. The van der Waals surface area contributed by atoms with Crippen molar-refractivity contribution in [3.05, 3.63) is 42.0 Å². The number of ether oxygens (including phenoxy) is 2. The minimum absolute atomic E-state index is 0.293. The predicted molar refractivity (Wildman–Crippen MR) is 95.8 cm³/mol. The molecule has 0 aliphatic carbocycles. The molecule has 0 spiro atoms. The monoisotopic (exact) mass is 377 g/mol. The summed E-state index contributed by atoms with van der Waals surface area (Å²) < 4.78 is 11.4. The van der Waals surface area contributed by atoms with Gasteiger partial charge in [0.2, 0.25) is 11.8 Å². The summed E-state index contributed by atoms with van der Waals surface area (Å²) in [6, 6.07) is 9.96. The van der Waals surface area contributed by atoms with E-state index < -0.39 is 6.09 Å². The van der Waals surface area contributed by atoms with Crippen LogP contribution < -0.4 is 14.9 Å². The van der Waals surface area contributed by atoms with E-state index in [4.69, 9.17) is 14.3 Å². The number of hydrogen-bond donors (Lipinski definition) is 3. The minimum atomic E-state index is -0.795. The molecule has 1 aliphatic heterocycles. The lowest BCUT2D eigenvalue weighted by Crippen LogP contribution is -2.46. The van der Waals surface area contributed by atoms with Crippen LogP contribution in [0, 0.1) is 0 Å². The van der Waals surface area contributed by atoms with Gasteiger partial charge in [-0.25, -0.2) is 4.79 Å². The lowest BCUT2D eigenvalue weighted by molar-refractivity contribution is 0.0947. The Morgan fingerprint density at radius 1 is 1.22 bits per heavy atom. The first-order chi connectivity index (χ1) is 13.0. The molecule has 146 valence electrons. The lowest BCUT2D eigenvalue weighted by Gasteiger charge is -2.24. The third-order valence-electron chi connectivity index (χ3n) is 4.21. The van der Waals surface area contributed by atoms with Crippen molar-refractivity contribution in [3.8, 4) is 17.5 Å². The number of aromatic nitrogens is 1. The summed E-state index contributed by atoms with van der Waals surface area (Å²) in [6.45, 7) is 2.92. The van der Waals surface area contributed by atoms with Crippen molar-refractivity contribution >= 4 is 6.09 Å². The maximum absolute atomic E-state index is 12.1. The van der Waals surface area contributed by atoms with Crippen LogP contribution in [0.1, 0.15) is 5.56 Å². The van der Waals surface area contributed by atoms with Gasteiger partial charge in [-0.3, -0.25) is 4.90 Å². The highest BCUT2D eigenvalue weighted by Gasteiger charge is 2.22. The second-order valence-electron chi connectivity index (χ2n) is 6.22. The Morgan fingerprint density at radius 3 is 2.59 bits per heavy atom. The highest BCUT2D eigenvalue weighted by atomic mass is 16.7. The fourth-order valence-corrected chi connectivity index (χ4v) is 2.87. The van der Waals surface area contributed by atoms with E-state index in [-0.39, 0.29) is 17.8 Å². The third kappa shape index (κ3) is 5.05. The molecule has 0 saturated carbocycles. The molecule has 9 heteroatoms. The van der Waals surface area contributed by atoms with Gasteiger partial charge in [-0.1, -0.05) is 12.1 Å². The lowest BCUT2D eigenvalue weighted by atomic mass is 10.2. The minimum Gasteiger partial charge on any atom is -0.497 e. The molecule has 0 radical (unpaired) electrons. The first kappa shape index (κ1) is 18.9. The quantitative estimate of drug-likeness (QED) is 0.712. The molecule has 2 aromatic rings. The fraction of sp³-hybridized carbons (Fsp3) is 0.389. The van der Waals surface area contributed by atoms with E-state index in [1.165, 1.54) is 12.1 Å². The van der Waals surface area contributed by atoms with Gasteiger partial charge in [0.25, 0.3) is 0 Å². The number of hydrogen-bond acceptors (Lipinski definition) is 7. The van der Waals surface area contributed by atoms with Crippen molar-refractivity contribution in [2.75, 3.05) is 33.4 Å². The summed E-state index contributed by atoms with van der Waals surface area (Å²) in [5.41, 5.74) is 1.13. The summed E-state index contributed by atoms with van der Waals surface area (Å²) >= 11 is 0. The van der Waals surface area contributed by atoms with Gasteiger partial charge in [-0.15, -0.1) is 4.73 Å². The SMILES string of the molecule is COc1ccc(CN2CCOC[C@H](NC(=O)On3c(O)ccc3O)C2)cc1. The Hall–Kier alpha value is -2.91. The van der Waals surface area contributed by atoms with Crippen molar-refractivity contribution in [1.29, 1.82) is 0 Å². The predicted octanol–water partition coefficient (Wildman–Crippen LogP) is 0.947. The maximum atomic E-state index is 12.1. The van der Waals surface area contributed by atoms with Crippen LogP contribution in [0.3, 0.4) is 0 Å². The zero-order valence-corrected chi connectivity index (χ0v) is 15.0. The average Bonchev–Trinajstić information content (AvgIpc) is 2.85. The topological polar surface area (TPSA) is 105 Å². The first-order valence-electron chi connectivity index (χ1n) is 8.56. The van der Waals surface area contributed by atoms with E-state index in [2.05, 4.69) is 10.2 Å². The molecule has 1 aliphatic rings. The van der Waals surface area contributed by atoms with Crippen molar-refractivity contribution in [2.24, 2.45) is 0 Å². The number of amides is 1. The Kier molecular flexibility index (Phi) is 6.05. The van der Waals surface area contributed by atoms with Gasteiger partial charge < -0.3 is 29.8 Å². The molecule has 9 nitrogen and oxygen atoms in total. The number of carbonyl (C=O) groups is 1. The first-order valence-corrected chi connectivity index (χ1v) is 8.56. The Labute approximate surface area is 156 Å². The van der Waals surface area contributed by atoms with Gasteiger partial charge in [0.05, 0.1) is 26.4 Å². The van der Waals surface area contributed by atoms with Gasteiger partial charge in [-0.2, -0.15) is 0 Å². The van der Waals surface area contributed by atoms with E-state index in [1.807, 2.05) is 24.3 Å². The zero-order chi connectivity index (χ0) is 19.2. The van der Waals surface area contributed by atoms with Crippen LogP contribution in [0.25, 0.3) is 0 Å². The van der Waals surface area contributed by atoms with Crippen LogP contribution in [-0.4, -0.2) is 65.4 Å². The number of nitrogens with one attached hydrogen (secondary N) is 1. The number of carbonyl (C=O) groups excluding carboxylic acids is 1. The summed E-state index contributed by atoms with van der Waals surface area (Å²) in [7, 11) is 1.63. The van der Waals surface area contributed by atoms with Crippen molar-refractivity contribution in [2.45, 2.75) is 12.6 Å². The van der Waals surface area contributed by atoms with Crippen LogP contribution in [-0.2, 0) is 11.3 Å². The summed E-state index contributed by atoms with van der Waals surface area (Å²) in [6.07, 6.45) is -0.795. The number of nitrogens with zero attached hydrogens (tertiary/aromatic N) is 2. The normalized spacial score (nSPS) is 17.9. The molecule has 0 bridgehead atoms. The summed E-state index contributed by atoms with van der Waals surface area (Å²) in [5, 5.41) is 21.8. The zero-order valence-electron chi connectivity index (χ0n) is 15.0. The Balaban J connectivity index is 1.56. The van der Waals surface area contributed by atoms with E-state index in [9.17, 15) is 15.0 Å². The smallest absolute Gasteiger partial charge is 0.432 e. The molecular formula is C18H23N3O6.